The molecule has 0 radical (unpaired) electrons. The zero-order valence-corrected chi connectivity index (χ0v) is 16.8. The molecular formula is C24H20N2O5. The maximum absolute atomic E-state index is 12.6. The number of carbonyl (C=O) groups is 4. The van der Waals surface area contributed by atoms with Crippen LogP contribution < -0.4 is 10.2 Å². The van der Waals surface area contributed by atoms with Gasteiger partial charge in [0.25, 0.3) is 5.91 Å². The molecule has 1 aliphatic rings. The van der Waals surface area contributed by atoms with Gasteiger partial charge in [-0.05, 0) is 36.6 Å². The number of esters is 1. The van der Waals surface area contributed by atoms with Crippen LogP contribution in [0.4, 0.5) is 11.4 Å². The summed E-state index contributed by atoms with van der Waals surface area (Å²) in [5, 5.41) is 4.65. The number of rotatable bonds is 5. The summed E-state index contributed by atoms with van der Waals surface area (Å²) in [6.07, 6.45) is -0.747. The van der Waals surface area contributed by atoms with Crippen LogP contribution >= 0.6 is 0 Å². The van der Waals surface area contributed by atoms with Crippen LogP contribution in [0.1, 0.15) is 30.1 Å². The van der Waals surface area contributed by atoms with Crippen molar-refractivity contribution in [2.45, 2.75) is 25.9 Å². The maximum atomic E-state index is 12.6. The first-order valence-electron chi connectivity index (χ1n) is 9.89. The third-order valence-electron chi connectivity index (χ3n) is 5.09. The van der Waals surface area contributed by atoms with E-state index in [0.717, 1.165) is 15.7 Å². The lowest BCUT2D eigenvalue weighted by Gasteiger charge is -2.16. The van der Waals surface area contributed by atoms with Crippen molar-refractivity contribution in [2.75, 3.05) is 10.2 Å². The number of nitrogens with one attached hydrogen (secondary N) is 1. The average Bonchev–Trinajstić information content (AvgIpc) is 3.12. The minimum atomic E-state index is -1.05. The molecule has 1 aliphatic heterocycles. The largest absolute Gasteiger partial charge is 0.449 e. The molecule has 31 heavy (non-hydrogen) atoms. The molecule has 0 aromatic heterocycles. The monoisotopic (exact) mass is 416 g/mol. The summed E-state index contributed by atoms with van der Waals surface area (Å²) >= 11 is 0. The van der Waals surface area contributed by atoms with Gasteiger partial charge in [-0.25, -0.2) is 4.79 Å². The van der Waals surface area contributed by atoms with Gasteiger partial charge >= 0.3 is 5.97 Å². The first kappa shape index (κ1) is 20.3. The molecular weight excluding hydrogens is 396 g/mol. The van der Waals surface area contributed by atoms with Crippen LogP contribution in [-0.4, -0.2) is 29.8 Å². The van der Waals surface area contributed by atoms with E-state index in [-0.39, 0.29) is 30.2 Å². The lowest BCUT2D eigenvalue weighted by molar-refractivity contribution is -0.124. The van der Waals surface area contributed by atoms with Crippen molar-refractivity contribution in [1.29, 1.82) is 0 Å². The normalized spacial score (nSPS) is 14.5. The Bertz CT molecular complexity index is 1180. The zero-order valence-electron chi connectivity index (χ0n) is 16.8. The van der Waals surface area contributed by atoms with Gasteiger partial charge in [0, 0.05) is 23.9 Å². The first-order valence-corrected chi connectivity index (χ1v) is 9.89. The van der Waals surface area contributed by atoms with Crippen LogP contribution in [0.5, 0.6) is 0 Å². The summed E-state index contributed by atoms with van der Waals surface area (Å²) in [6.45, 7) is 1.48. The highest BCUT2D eigenvalue weighted by Crippen LogP contribution is 2.25. The number of fused-ring (bicyclic) bond motifs is 1. The lowest BCUT2D eigenvalue weighted by Crippen LogP contribution is -2.30. The van der Waals surface area contributed by atoms with E-state index in [1.807, 2.05) is 36.4 Å². The SMILES string of the molecule is CC(OC(=O)c1cccc(N2C(=O)CCC2=O)c1)C(=O)Nc1cccc2ccccc12. The molecule has 3 aromatic rings. The molecule has 0 spiro atoms. The first-order chi connectivity index (χ1) is 14.9. The molecule has 1 fully saturated rings. The maximum Gasteiger partial charge on any atom is 0.338 e. The third kappa shape index (κ3) is 4.16. The van der Waals surface area contributed by atoms with Crippen LogP contribution in [0.3, 0.4) is 0 Å². The summed E-state index contributed by atoms with van der Waals surface area (Å²) in [5.41, 5.74) is 1.09. The van der Waals surface area contributed by atoms with Crippen molar-refractivity contribution in [3.05, 3.63) is 72.3 Å². The quantitative estimate of drug-likeness (QED) is 0.506. The third-order valence-corrected chi connectivity index (χ3v) is 5.09. The van der Waals surface area contributed by atoms with Gasteiger partial charge in [-0.2, -0.15) is 0 Å². The zero-order chi connectivity index (χ0) is 22.0. The molecule has 3 amide bonds. The summed E-state index contributed by atoms with van der Waals surface area (Å²) < 4.78 is 5.31. The summed E-state index contributed by atoms with van der Waals surface area (Å²) in [4.78, 5) is 50.1. The van der Waals surface area contributed by atoms with Crippen LogP contribution in [0.25, 0.3) is 10.8 Å². The molecule has 3 aromatic carbocycles. The number of imide groups is 1. The van der Waals surface area contributed by atoms with E-state index in [4.69, 9.17) is 4.74 Å². The number of amides is 3. The molecule has 1 atom stereocenters. The van der Waals surface area contributed by atoms with Gasteiger partial charge in [0.15, 0.2) is 6.10 Å². The topological polar surface area (TPSA) is 92.8 Å². The van der Waals surface area contributed by atoms with E-state index in [0.29, 0.717) is 11.4 Å². The van der Waals surface area contributed by atoms with Crippen LogP contribution in [0, 0.1) is 0 Å². The summed E-state index contributed by atoms with van der Waals surface area (Å²) in [7, 11) is 0. The highest BCUT2D eigenvalue weighted by atomic mass is 16.5. The number of nitrogens with zero attached hydrogens (tertiary/aromatic N) is 1. The second kappa shape index (κ2) is 8.39. The lowest BCUT2D eigenvalue weighted by atomic mass is 10.1. The summed E-state index contributed by atoms with van der Waals surface area (Å²) in [6, 6.07) is 19.2. The molecule has 7 nitrogen and oxygen atoms in total. The molecule has 1 unspecified atom stereocenters. The van der Waals surface area contributed by atoms with Crippen molar-refractivity contribution in [2.24, 2.45) is 0 Å². The van der Waals surface area contributed by atoms with E-state index < -0.39 is 18.0 Å². The number of hydrogen-bond donors (Lipinski definition) is 1. The standard InChI is InChI=1S/C24H20N2O5/c1-15(23(29)25-20-11-5-7-16-6-2-3-10-19(16)20)31-24(30)17-8-4-9-18(14-17)26-21(27)12-13-22(26)28/h2-11,14-15H,12-13H2,1H3,(H,25,29). The number of benzene rings is 3. The molecule has 0 aliphatic carbocycles. The van der Waals surface area contributed by atoms with Gasteiger partial charge in [-0.15, -0.1) is 0 Å². The molecule has 1 heterocycles. The Morgan fingerprint density at radius 2 is 1.61 bits per heavy atom. The van der Waals surface area contributed by atoms with E-state index in [1.165, 1.54) is 19.1 Å². The molecule has 0 bridgehead atoms. The smallest absolute Gasteiger partial charge is 0.338 e. The molecule has 7 heteroatoms. The fraction of sp³-hybridized carbons (Fsp3) is 0.167. The number of anilines is 2. The number of ether oxygens (including phenoxy) is 1. The van der Waals surface area contributed by atoms with Crippen LogP contribution in [-0.2, 0) is 19.1 Å². The van der Waals surface area contributed by atoms with Gasteiger partial charge in [-0.3, -0.25) is 19.3 Å². The summed E-state index contributed by atoms with van der Waals surface area (Å²) in [5.74, 6) is -1.80. The predicted molar refractivity (Wildman–Crippen MR) is 116 cm³/mol. The highest BCUT2D eigenvalue weighted by Gasteiger charge is 2.30. The fourth-order valence-electron chi connectivity index (χ4n) is 3.49. The Morgan fingerprint density at radius 1 is 0.935 bits per heavy atom. The van der Waals surface area contributed by atoms with Gasteiger partial charge in [0.2, 0.25) is 11.8 Å². The van der Waals surface area contributed by atoms with Crippen molar-refractivity contribution < 1.29 is 23.9 Å². The molecule has 1 N–H and O–H groups in total. The van der Waals surface area contributed by atoms with Crippen molar-refractivity contribution in [3.8, 4) is 0 Å². The van der Waals surface area contributed by atoms with Gasteiger partial charge in [0.1, 0.15) is 0 Å². The van der Waals surface area contributed by atoms with Crippen molar-refractivity contribution >= 4 is 45.8 Å². The van der Waals surface area contributed by atoms with E-state index in [2.05, 4.69) is 5.32 Å². The van der Waals surface area contributed by atoms with E-state index in [9.17, 15) is 19.2 Å². The average molecular weight is 416 g/mol. The van der Waals surface area contributed by atoms with Crippen LogP contribution in [0.2, 0.25) is 0 Å². The van der Waals surface area contributed by atoms with Crippen molar-refractivity contribution in [3.63, 3.8) is 0 Å². The minimum absolute atomic E-state index is 0.148. The molecule has 0 saturated carbocycles. The molecule has 4 rings (SSSR count). The fourth-order valence-corrected chi connectivity index (χ4v) is 3.49. The van der Waals surface area contributed by atoms with E-state index in [1.54, 1.807) is 18.2 Å². The van der Waals surface area contributed by atoms with Crippen LogP contribution in [0.15, 0.2) is 66.7 Å². The minimum Gasteiger partial charge on any atom is -0.449 e. The number of carbonyl (C=O) groups excluding carboxylic acids is 4. The Balaban J connectivity index is 1.46. The Morgan fingerprint density at radius 3 is 2.39 bits per heavy atom. The molecule has 1 saturated heterocycles. The van der Waals surface area contributed by atoms with Crippen molar-refractivity contribution in [1.82, 2.24) is 0 Å². The Labute approximate surface area is 178 Å². The predicted octanol–water partition coefficient (Wildman–Crippen LogP) is 3.68. The second-order valence-corrected chi connectivity index (χ2v) is 7.24. The van der Waals surface area contributed by atoms with E-state index >= 15 is 0 Å². The Kier molecular flexibility index (Phi) is 5.49. The van der Waals surface area contributed by atoms with Gasteiger partial charge < -0.3 is 10.1 Å². The van der Waals surface area contributed by atoms with Gasteiger partial charge in [0.05, 0.1) is 11.3 Å². The highest BCUT2D eigenvalue weighted by molar-refractivity contribution is 6.20. The second-order valence-electron chi connectivity index (χ2n) is 7.24. The number of hydrogen-bond acceptors (Lipinski definition) is 5. The Hall–Kier alpha value is -4.00. The van der Waals surface area contributed by atoms with Gasteiger partial charge in [-0.1, -0.05) is 42.5 Å². The molecule has 156 valence electrons.